The molecule has 0 spiro atoms. The lowest BCUT2D eigenvalue weighted by Gasteiger charge is -2.35. The van der Waals surface area contributed by atoms with Gasteiger partial charge in [-0.3, -0.25) is 9.69 Å². The number of anilines is 2. The zero-order valence-electron chi connectivity index (χ0n) is 22.5. The van der Waals surface area contributed by atoms with Gasteiger partial charge in [0.25, 0.3) is 5.91 Å². The lowest BCUT2D eigenvalue weighted by atomic mass is 10.00. The number of fused-ring (bicyclic) bond motifs is 1. The molecule has 2 N–H and O–H groups in total. The van der Waals surface area contributed by atoms with Gasteiger partial charge < -0.3 is 20.3 Å². The van der Waals surface area contributed by atoms with Crippen LogP contribution in [-0.4, -0.2) is 53.6 Å². The lowest BCUT2D eigenvalue weighted by molar-refractivity contribution is -0.110. The van der Waals surface area contributed by atoms with E-state index < -0.39 is 11.4 Å². The van der Waals surface area contributed by atoms with Crippen LogP contribution in [0.15, 0.2) is 72.8 Å². The van der Waals surface area contributed by atoms with Gasteiger partial charge >= 0.3 is 6.09 Å². The third-order valence-corrected chi connectivity index (χ3v) is 6.69. The Kier molecular flexibility index (Phi) is 7.39. The third kappa shape index (κ3) is 6.29. The number of carbonyl (C=O) groups excluding carboxylic acids is 2. The highest BCUT2D eigenvalue weighted by atomic mass is 19.1. The molecule has 0 aromatic heterocycles. The first-order valence-corrected chi connectivity index (χ1v) is 13.1. The first-order valence-electron chi connectivity index (χ1n) is 13.1. The molecule has 2 amide bonds. The van der Waals surface area contributed by atoms with Gasteiger partial charge in [0.2, 0.25) is 0 Å². The zero-order chi connectivity index (χ0) is 27.6. The van der Waals surface area contributed by atoms with Gasteiger partial charge in [0.1, 0.15) is 11.4 Å². The van der Waals surface area contributed by atoms with E-state index >= 15 is 0 Å². The van der Waals surface area contributed by atoms with Crippen molar-refractivity contribution in [3.63, 3.8) is 0 Å². The number of rotatable bonds is 5. The normalized spacial score (nSPS) is 16.9. The van der Waals surface area contributed by atoms with E-state index in [2.05, 4.69) is 27.7 Å². The second-order valence-electron chi connectivity index (χ2n) is 10.8. The van der Waals surface area contributed by atoms with Gasteiger partial charge in [-0.25, -0.2) is 9.18 Å². The van der Waals surface area contributed by atoms with Crippen LogP contribution in [0.2, 0.25) is 0 Å². The fraction of sp³-hybridized carbons (Fsp3) is 0.290. The quantitative estimate of drug-likeness (QED) is 0.409. The van der Waals surface area contributed by atoms with Crippen molar-refractivity contribution in [3.8, 4) is 0 Å². The molecular formula is C31H33FN4O3. The molecule has 5 rings (SSSR count). The van der Waals surface area contributed by atoms with Crippen molar-refractivity contribution < 1.29 is 18.7 Å². The molecule has 8 heteroatoms. The molecule has 2 aliphatic heterocycles. The molecule has 0 bridgehead atoms. The fourth-order valence-electron chi connectivity index (χ4n) is 4.79. The van der Waals surface area contributed by atoms with E-state index in [9.17, 15) is 14.0 Å². The fourth-order valence-corrected chi connectivity index (χ4v) is 4.79. The monoisotopic (exact) mass is 528 g/mol. The van der Waals surface area contributed by atoms with Crippen LogP contribution in [0.1, 0.15) is 37.5 Å². The SMILES string of the molecule is CC(C)(C)OC(=O)N1CCN(Cc2ccc(N/C(=C3\C(=O)Nc4cc(F)ccc43)c3ccccc3)cc2)CC1. The number of carbonyl (C=O) groups is 2. The summed E-state index contributed by atoms with van der Waals surface area (Å²) < 4.78 is 19.3. The number of amides is 2. The molecule has 0 aliphatic carbocycles. The van der Waals surface area contributed by atoms with Gasteiger partial charge in [-0.2, -0.15) is 0 Å². The molecule has 7 nitrogen and oxygen atoms in total. The Balaban J connectivity index is 1.29. The topological polar surface area (TPSA) is 73.9 Å². The first-order chi connectivity index (χ1) is 18.7. The summed E-state index contributed by atoms with van der Waals surface area (Å²) in [5.74, 6) is -0.671. The maximum absolute atomic E-state index is 13.8. The summed E-state index contributed by atoms with van der Waals surface area (Å²) in [6.07, 6.45) is -0.260. The van der Waals surface area contributed by atoms with Crippen LogP contribution >= 0.6 is 0 Å². The Morgan fingerprint density at radius 1 is 0.974 bits per heavy atom. The zero-order valence-corrected chi connectivity index (χ0v) is 22.5. The van der Waals surface area contributed by atoms with Crippen LogP contribution in [0.5, 0.6) is 0 Å². The van der Waals surface area contributed by atoms with Gasteiger partial charge in [0.15, 0.2) is 0 Å². The third-order valence-electron chi connectivity index (χ3n) is 6.69. The van der Waals surface area contributed by atoms with Crippen LogP contribution in [-0.2, 0) is 16.1 Å². The number of nitrogens with one attached hydrogen (secondary N) is 2. The van der Waals surface area contributed by atoms with Crippen molar-refractivity contribution in [2.75, 3.05) is 36.8 Å². The molecule has 0 radical (unpaired) electrons. The number of hydrogen-bond acceptors (Lipinski definition) is 5. The van der Waals surface area contributed by atoms with E-state index in [1.54, 1.807) is 11.0 Å². The molecule has 1 saturated heterocycles. The van der Waals surface area contributed by atoms with Crippen molar-refractivity contribution >= 4 is 34.6 Å². The van der Waals surface area contributed by atoms with Crippen LogP contribution < -0.4 is 10.6 Å². The van der Waals surface area contributed by atoms with E-state index in [-0.39, 0.29) is 12.0 Å². The predicted molar refractivity (Wildman–Crippen MR) is 151 cm³/mol. The van der Waals surface area contributed by atoms with E-state index in [1.165, 1.54) is 12.1 Å². The Morgan fingerprint density at radius 3 is 2.33 bits per heavy atom. The molecule has 2 aliphatic rings. The summed E-state index contributed by atoms with van der Waals surface area (Å²) >= 11 is 0. The molecule has 2 heterocycles. The van der Waals surface area contributed by atoms with Crippen molar-refractivity contribution in [1.29, 1.82) is 0 Å². The van der Waals surface area contributed by atoms with Gasteiger partial charge in [0, 0.05) is 44.0 Å². The highest BCUT2D eigenvalue weighted by molar-refractivity contribution is 6.37. The molecule has 202 valence electrons. The maximum atomic E-state index is 13.8. The Hall–Kier alpha value is -4.17. The van der Waals surface area contributed by atoms with Crippen LogP contribution in [0.25, 0.3) is 11.3 Å². The van der Waals surface area contributed by atoms with Crippen molar-refractivity contribution in [1.82, 2.24) is 9.80 Å². The van der Waals surface area contributed by atoms with E-state index in [0.717, 1.165) is 36.4 Å². The summed E-state index contributed by atoms with van der Waals surface area (Å²) in [5, 5.41) is 6.23. The molecule has 1 fully saturated rings. The first kappa shape index (κ1) is 26.4. The van der Waals surface area contributed by atoms with Gasteiger partial charge in [-0.15, -0.1) is 0 Å². The molecule has 3 aromatic carbocycles. The second kappa shape index (κ2) is 10.9. The van der Waals surface area contributed by atoms with Gasteiger partial charge in [0.05, 0.1) is 17.0 Å². The largest absolute Gasteiger partial charge is 0.444 e. The average molecular weight is 529 g/mol. The lowest BCUT2D eigenvalue weighted by Crippen LogP contribution is -2.49. The number of benzene rings is 3. The number of piperazine rings is 1. The van der Waals surface area contributed by atoms with Crippen LogP contribution in [0.3, 0.4) is 0 Å². The maximum Gasteiger partial charge on any atom is 0.410 e. The minimum atomic E-state index is -0.497. The highest BCUT2D eigenvalue weighted by Gasteiger charge is 2.29. The molecule has 3 aromatic rings. The van der Waals surface area contributed by atoms with E-state index in [4.69, 9.17) is 4.74 Å². The molecular weight excluding hydrogens is 495 g/mol. The van der Waals surface area contributed by atoms with Crippen LogP contribution in [0.4, 0.5) is 20.6 Å². The van der Waals surface area contributed by atoms with Crippen molar-refractivity contribution in [2.24, 2.45) is 0 Å². The Labute approximate surface area is 228 Å². The van der Waals surface area contributed by atoms with Crippen molar-refractivity contribution in [2.45, 2.75) is 32.9 Å². The van der Waals surface area contributed by atoms with Gasteiger partial charge in [-0.05, 0) is 62.2 Å². The van der Waals surface area contributed by atoms with E-state index in [1.807, 2.05) is 63.2 Å². The number of hydrogen-bond donors (Lipinski definition) is 2. The van der Waals surface area contributed by atoms with Crippen LogP contribution in [0, 0.1) is 5.82 Å². The summed E-state index contributed by atoms with van der Waals surface area (Å²) in [5.41, 5.74) is 4.60. The highest BCUT2D eigenvalue weighted by Crippen LogP contribution is 2.37. The summed E-state index contributed by atoms with van der Waals surface area (Å²) in [4.78, 5) is 29.4. The van der Waals surface area contributed by atoms with E-state index in [0.29, 0.717) is 35.6 Å². The number of halogens is 1. The number of nitrogens with zero attached hydrogens (tertiary/aromatic N) is 2. The predicted octanol–water partition coefficient (Wildman–Crippen LogP) is 5.81. The molecule has 0 saturated carbocycles. The number of ether oxygens (including phenoxy) is 1. The minimum Gasteiger partial charge on any atom is -0.444 e. The molecule has 0 unspecified atom stereocenters. The Bertz CT molecular complexity index is 1390. The van der Waals surface area contributed by atoms with Crippen molar-refractivity contribution in [3.05, 3.63) is 95.3 Å². The Morgan fingerprint density at radius 2 is 1.67 bits per heavy atom. The minimum absolute atomic E-state index is 0.260. The average Bonchev–Trinajstić information content (AvgIpc) is 3.22. The smallest absolute Gasteiger partial charge is 0.410 e. The summed E-state index contributed by atoms with van der Waals surface area (Å²) in [7, 11) is 0. The second-order valence-corrected chi connectivity index (χ2v) is 10.8. The summed E-state index contributed by atoms with van der Waals surface area (Å²) in [6.45, 7) is 9.23. The standard InChI is InChI=1S/C31H33FN4O3/c1-31(2,3)39-30(38)36-17-15-35(16-18-36)20-21-9-12-24(13-10-21)33-28(22-7-5-4-6-8-22)27-25-14-11-23(32)19-26(25)34-29(27)37/h4-14,19,33H,15-18,20H2,1-3H3,(H,34,37)/b28-27-. The molecule has 0 atom stereocenters. The molecule has 39 heavy (non-hydrogen) atoms. The van der Waals surface area contributed by atoms with Gasteiger partial charge in [-0.1, -0.05) is 42.5 Å². The summed E-state index contributed by atoms with van der Waals surface area (Å²) in [6, 6.07) is 22.1.